The van der Waals surface area contributed by atoms with E-state index < -0.39 is 11.2 Å². The average Bonchev–Trinajstić information content (AvgIpc) is 2.61. The zero-order chi connectivity index (χ0) is 20.7. The Kier molecular flexibility index (Phi) is 6.37. The lowest BCUT2D eigenvalue weighted by Gasteiger charge is -2.52. The normalized spacial score (nSPS) is 44.5. The van der Waals surface area contributed by atoms with Gasteiger partial charge < -0.3 is 15.5 Å². The van der Waals surface area contributed by atoms with E-state index in [1.54, 1.807) is 0 Å². The van der Waals surface area contributed by atoms with Gasteiger partial charge in [-0.2, -0.15) is 0 Å². The van der Waals surface area contributed by atoms with E-state index in [9.17, 15) is 10.2 Å². The first-order valence-corrected chi connectivity index (χ1v) is 11.7. The minimum absolute atomic E-state index is 0.128. The van der Waals surface area contributed by atoms with Gasteiger partial charge in [-0.3, -0.25) is 0 Å². The van der Waals surface area contributed by atoms with Crippen LogP contribution >= 0.6 is 0 Å². The summed E-state index contributed by atoms with van der Waals surface area (Å²) in [5.41, 5.74) is -0.649. The van der Waals surface area contributed by atoms with Gasteiger partial charge in [0.15, 0.2) is 0 Å². The highest BCUT2D eigenvalue weighted by molar-refractivity contribution is 5.31. The molecule has 2 fully saturated rings. The van der Waals surface area contributed by atoms with Crippen LogP contribution in [0.5, 0.6) is 0 Å². The van der Waals surface area contributed by atoms with Crippen LogP contribution in [0.1, 0.15) is 80.1 Å². The monoisotopic (exact) mass is 389 g/mol. The van der Waals surface area contributed by atoms with E-state index in [1.807, 2.05) is 0 Å². The predicted molar refractivity (Wildman–Crippen MR) is 117 cm³/mol. The summed E-state index contributed by atoms with van der Waals surface area (Å²) >= 11 is 0. The van der Waals surface area contributed by atoms with Crippen LogP contribution < -0.4 is 5.32 Å². The number of dihydropyridines is 1. The van der Waals surface area contributed by atoms with Crippen LogP contribution in [0.25, 0.3) is 0 Å². The lowest BCUT2D eigenvalue weighted by molar-refractivity contribution is -0.101. The molecule has 7 atom stereocenters. The third-order valence-corrected chi connectivity index (χ3v) is 8.02. The van der Waals surface area contributed by atoms with Crippen molar-refractivity contribution in [2.75, 3.05) is 0 Å². The summed E-state index contributed by atoms with van der Waals surface area (Å²) in [7, 11) is 0. The van der Waals surface area contributed by atoms with Crippen LogP contribution in [0.4, 0.5) is 0 Å². The van der Waals surface area contributed by atoms with Gasteiger partial charge in [0.1, 0.15) is 5.60 Å². The molecule has 1 aliphatic heterocycles. The Morgan fingerprint density at radius 3 is 2.07 bits per heavy atom. The molecule has 0 bridgehead atoms. The molecule has 0 saturated heterocycles. The molecule has 3 aliphatic rings. The summed E-state index contributed by atoms with van der Waals surface area (Å²) in [4.78, 5) is 0. The van der Waals surface area contributed by atoms with Gasteiger partial charge >= 0.3 is 0 Å². The summed E-state index contributed by atoms with van der Waals surface area (Å²) in [5.74, 6) is 2.48. The Balaban J connectivity index is 1.88. The summed E-state index contributed by atoms with van der Waals surface area (Å²) in [6.07, 6.45) is 12.4. The Morgan fingerprint density at radius 2 is 1.46 bits per heavy atom. The summed E-state index contributed by atoms with van der Waals surface area (Å²) in [6.45, 7) is 13.4. The minimum atomic E-state index is -0.821. The zero-order valence-electron chi connectivity index (χ0n) is 18.9. The number of hydrogen-bond donors (Lipinski definition) is 3. The first kappa shape index (κ1) is 21.9. The molecular formula is C25H43NO2. The van der Waals surface area contributed by atoms with Crippen LogP contribution in [0.2, 0.25) is 0 Å². The van der Waals surface area contributed by atoms with Crippen molar-refractivity contribution in [2.45, 2.75) is 97.3 Å². The van der Waals surface area contributed by atoms with E-state index in [1.165, 1.54) is 12.8 Å². The average molecular weight is 390 g/mol. The van der Waals surface area contributed by atoms with Crippen molar-refractivity contribution in [3.05, 3.63) is 23.9 Å². The Morgan fingerprint density at radius 1 is 0.893 bits per heavy atom. The number of nitrogens with one attached hydrogen (secondary N) is 1. The van der Waals surface area contributed by atoms with Crippen molar-refractivity contribution in [2.24, 2.45) is 35.5 Å². The van der Waals surface area contributed by atoms with Crippen molar-refractivity contribution in [1.29, 1.82) is 0 Å². The molecule has 0 radical (unpaired) electrons. The SMILES string of the molecule is CC1CCC(C(C)C)C(O)(C2=CC=CC(C3(O)CC(C)CCC3C(C)C)N2)C1. The van der Waals surface area contributed by atoms with E-state index in [2.05, 4.69) is 65.1 Å². The molecule has 160 valence electrons. The fourth-order valence-corrected chi connectivity index (χ4v) is 6.56. The van der Waals surface area contributed by atoms with Gasteiger partial charge in [-0.1, -0.05) is 66.5 Å². The minimum Gasteiger partial charge on any atom is -0.387 e. The van der Waals surface area contributed by atoms with Crippen molar-refractivity contribution >= 4 is 0 Å². The van der Waals surface area contributed by atoms with Crippen LogP contribution in [0.3, 0.4) is 0 Å². The third-order valence-electron chi connectivity index (χ3n) is 8.02. The van der Waals surface area contributed by atoms with Crippen molar-refractivity contribution in [1.82, 2.24) is 5.32 Å². The molecule has 0 amide bonds. The van der Waals surface area contributed by atoms with Crippen LogP contribution in [-0.4, -0.2) is 27.5 Å². The maximum atomic E-state index is 11.9. The predicted octanol–water partition coefficient (Wildman–Crippen LogP) is 5.04. The summed E-state index contributed by atoms with van der Waals surface area (Å²) in [5, 5.41) is 27.4. The number of rotatable bonds is 4. The van der Waals surface area contributed by atoms with Gasteiger partial charge in [0, 0.05) is 5.70 Å². The number of aliphatic hydroxyl groups is 2. The molecule has 2 saturated carbocycles. The number of hydrogen-bond acceptors (Lipinski definition) is 3. The van der Waals surface area contributed by atoms with Gasteiger partial charge in [-0.15, -0.1) is 0 Å². The van der Waals surface area contributed by atoms with Crippen LogP contribution in [0, 0.1) is 35.5 Å². The van der Waals surface area contributed by atoms with Crippen molar-refractivity contribution in [3.63, 3.8) is 0 Å². The number of allylic oxidation sites excluding steroid dienone is 2. The second kappa shape index (κ2) is 8.14. The van der Waals surface area contributed by atoms with E-state index in [-0.39, 0.29) is 17.9 Å². The molecule has 2 aliphatic carbocycles. The molecule has 3 nitrogen and oxygen atoms in total. The highest BCUT2D eigenvalue weighted by atomic mass is 16.3. The van der Waals surface area contributed by atoms with Gasteiger partial charge in [-0.25, -0.2) is 0 Å². The second-order valence-corrected chi connectivity index (χ2v) is 11.0. The Bertz CT molecular complexity index is 610. The first-order valence-electron chi connectivity index (χ1n) is 11.7. The molecule has 3 heteroatoms. The molecule has 0 spiro atoms. The molecule has 1 heterocycles. The third kappa shape index (κ3) is 3.94. The van der Waals surface area contributed by atoms with E-state index in [4.69, 9.17) is 0 Å². The fourth-order valence-electron chi connectivity index (χ4n) is 6.56. The van der Waals surface area contributed by atoms with E-state index in [0.29, 0.717) is 23.7 Å². The van der Waals surface area contributed by atoms with Gasteiger partial charge in [0.05, 0.1) is 11.6 Å². The Labute approximate surface area is 172 Å². The van der Waals surface area contributed by atoms with Crippen molar-refractivity contribution in [3.8, 4) is 0 Å². The molecular weight excluding hydrogens is 346 g/mol. The molecule has 3 N–H and O–H groups in total. The molecule has 0 aromatic rings. The first-order chi connectivity index (χ1) is 13.1. The van der Waals surface area contributed by atoms with Gasteiger partial charge in [0.25, 0.3) is 0 Å². The zero-order valence-corrected chi connectivity index (χ0v) is 18.9. The topological polar surface area (TPSA) is 52.5 Å². The molecule has 0 aromatic carbocycles. The van der Waals surface area contributed by atoms with Gasteiger partial charge in [0.2, 0.25) is 0 Å². The fraction of sp³-hybridized carbons (Fsp3) is 0.840. The Hall–Kier alpha value is -0.800. The van der Waals surface area contributed by atoms with Crippen LogP contribution in [0.15, 0.2) is 23.9 Å². The van der Waals surface area contributed by atoms with E-state index >= 15 is 0 Å². The summed E-state index contributed by atoms with van der Waals surface area (Å²) < 4.78 is 0. The maximum absolute atomic E-state index is 11.9. The molecule has 28 heavy (non-hydrogen) atoms. The summed E-state index contributed by atoms with van der Waals surface area (Å²) in [6, 6.07) is -0.128. The smallest absolute Gasteiger partial charge is 0.107 e. The van der Waals surface area contributed by atoms with E-state index in [0.717, 1.165) is 31.4 Å². The lowest BCUT2D eigenvalue weighted by atomic mass is 9.62. The largest absolute Gasteiger partial charge is 0.387 e. The molecule has 3 rings (SSSR count). The second-order valence-electron chi connectivity index (χ2n) is 11.0. The van der Waals surface area contributed by atoms with Gasteiger partial charge in [-0.05, 0) is 67.3 Å². The molecule has 0 aromatic heterocycles. The highest BCUT2D eigenvalue weighted by Gasteiger charge is 2.51. The van der Waals surface area contributed by atoms with Crippen molar-refractivity contribution < 1.29 is 10.2 Å². The lowest BCUT2D eigenvalue weighted by Crippen LogP contribution is -2.61. The standard InChI is InChI=1S/C25H43NO2/c1-16(2)20-12-10-18(5)14-24(20,27)22-8-7-9-23(26-22)25(28)15-19(6)11-13-21(25)17(3)4/h7-9,16-22,26-28H,10-15H2,1-6H3. The highest BCUT2D eigenvalue weighted by Crippen LogP contribution is 2.47. The molecule has 7 unspecified atom stereocenters. The maximum Gasteiger partial charge on any atom is 0.107 e. The van der Waals surface area contributed by atoms with Crippen LogP contribution in [-0.2, 0) is 0 Å². The quantitative estimate of drug-likeness (QED) is 0.631.